The van der Waals surface area contributed by atoms with Gasteiger partial charge in [-0.3, -0.25) is 14.9 Å². The first-order valence-electron chi connectivity index (χ1n) is 5.64. The lowest BCUT2D eigenvalue weighted by Crippen LogP contribution is -2.46. The molecule has 1 aromatic carbocycles. The fourth-order valence-electron chi connectivity index (χ4n) is 1.44. The number of rotatable bonds is 5. The predicted octanol–water partition coefficient (Wildman–Crippen LogP) is 0.469. The monoisotopic (exact) mass is 282 g/mol. The summed E-state index contributed by atoms with van der Waals surface area (Å²) in [5.41, 5.74) is -1.66. The predicted molar refractivity (Wildman–Crippen MR) is 68.4 cm³/mol. The Hall–Kier alpha value is -2.48. The summed E-state index contributed by atoms with van der Waals surface area (Å²) in [5, 5.41) is 31.0. The Kier molecular flexibility index (Phi) is 4.41. The van der Waals surface area contributed by atoms with Crippen molar-refractivity contribution in [3.63, 3.8) is 0 Å². The van der Waals surface area contributed by atoms with Crippen molar-refractivity contribution in [1.29, 1.82) is 0 Å². The van der Waals surface area contributed by atoms with Crippen LogP contribution in [-0.2, 0) is 4.79 Å². The highest BCUT2D eigenvalue weighted by atomic mass is 16.6. The number of hydrogen-bond acceptors (Lipinski definition) is 5. The van der Waals surface area contributed by atoms with E-state index < -0.39 is 28.9 Å². The average Bonchev–Trinajstić information content (AvgIpc) is 2.35. The molecule has 1 atom stereocenters. The quantitative estimate of drug-likeness (QED) is 0.531. The number of nitrogens with zero attached hydrogens (tertiary/aromatic N) is 1. The molecule has 1 aromatic rings. The van der Waals surface area contributed by atoms with Crippen LogP contribution in [0.25, 0.3) is 0 Å². The van der Waals surface area contributed by atoms with Gasteiger partial charge in [0.05, 0.1) is 11.5 Å². The Labute approximate surface area is 114 Å². The topological polar surface area (TPSA) is 130 Å². The van der Waals surface area contributed by atoms with Crippen molar-refractivity contribution in [2.24, 2.45) is 0 Å². The van der Waals surface area contributed by atoms with Gasteiger partial charge in [-0.1, -0.05) is 0 Å². The van der Waals surface area contributed by atoms with Gasteiger partial charge in [0.25, 0.3) is 11.6 Å². The molecule has 0 heterocycles. The van der Waals surface area contributed by atoms with Crippen molar-refractivity contribution in [3.05, 3.63) is 39.4 Å². The third-order valence-electron chi connectivity index (χ3n) is 2.72. The minimum atomic E-state index is -2.08. The summed E-state index contributed by atoms with van der Waals surface area (Å²) in [4.78, 5) is 32.5. The number of carboxylic acid groups (broad SMARTS) is 1. The number of benzene rings is 1. The number of nitro benzene ring substituents is 1. The standard InChI is InChI=1S/C12H14N2O6/c1-7-5-8(14(19)20)3-4-9(7)10(15)13-6-12(2,18)11(16)17/h3-5,18H,6H2,1-2H3,(H,13,15)(H,16,17). The highest BCUT2D eigenvalue weighted by Gasteiger charge is 2.30. The van der Waals surface area contributed by atoms with Gasteiger partial charge in [0.2, 0.25) is 0 Å². The van der Waals surface area contributed by atoms with E-state index in [1.807, 2.05) is 0 Å². The fourth-order valence-corrected chi connectivity index (χ4v) is 1.44. The van der Waals surface area contributed by atoms with Crippen LogP contribution in [0.15, 0.2) is 18.2 Å². The molecule has 20 heavy (non-hydrogen) atoms. The summed E-state index contributed by atoms with van der Waals surface area (Å²) in [6.07, 6.45) is 0. The van der Waals surface area contributed by atoms with E-state index in [-0.39, 0.29) is 11.3 Å². The molecular weight excluding hydrogens is 268 g/mol. The van der Waals surface area contributed by atoms with Gasteiger partial charge in [0.1, 0.15) is 0 Å². The summed E-state index contributed by atoms with van der Waals surface area (Å²) in [7, 11) is 0. The van der Waals surface area contributed by atoms with Gasteiger partial charge < -0.3 is 15.5 Å². The average molecular weight is 282 g/mol. The first-order valence-corrected chi connectivity index (χ1v) is 5.64. The lowest BCUT2D eigenvalue weighted by molar-refractivity contribution is -0.384. The zero-order chi connectivity index (χ0) is 15.5. The number of amides is 1. The lowest BCUT2D eigenvalue weighted by atomic mass is 10.1. The second-order valence-electron chi connectivity index (χ2n) is 4.52. The summed E-state index contributed by atoms with van der Waals surface area (Å²) >= 11 is 0. The van der Waals surface area contributed by atoms with Crippen LogP contribution in [0.4, 0.5) is 5.69 Å². The van der Waals surface area contributed by atoms with Gasteiger partial charge in [-0.25, -0.2) is 4.79 Å². The van der Waals surface area contributed by atoms with Crippen molar-refractivity contribution in [2.45, 2.75) is 19.4 Å². The summed E-state index contributed by atoms with van der Waals surface area (Å²) < 4.78 is 0. The van der Waals surface area contributed by atoms with Gasteiger partial charge in [0, 0.05) is 17.7 Å². The van der Waals surface area contributed by atoms with Gasteiger partial charge in [0.15, 0.2) is 5.60 Å². The molecule has 0 fully saturated rings. The zero-order valence-electron chi connectivity index (χ0n) is 10.9. The molecular formula is C12H14N2O6. The van der Waals surface area contributed by atoms with E-state index in [1.54, 1.807) is 0 Å². The zero-order valence-corrected chi connectivity index (χ0v) is 10.9. The number of aliphatic hydroxyl groups is 1. The molecule has 3 N–H and O–H groups in total. The first kappa shape index (κ1) is 15.6. The third kappa shape index (κ3) is 3.51. The molecule has 1 rings (SSSR count). The molecule has 1 unspecified atom stereocenters. The second-order valence-corrected chi connectivity index (χ2v) is 4.52. The molecule has 0 radical (unpaired) electrons. The van der Waals surface area contributed by atoms with Crippen LogP contribution >= 0.6 is 0 Å². The Morgan fingerprint density at radius 2 is 2.05 bits per heavy atom. The van der Waals surface area contributed by atoms with Gasteiger partial charge >= 0.3 is 5.97 Å². The highest BCUT2D eigenvalue weighted by molar-refractivity contribution is 5.96. The van der Waals surface area contributed by atoms with Gasteiger partial charge in [-0.15, -0.1) is 0 Å². The molecule has 8 heteroatoms. The van der Waals surface area contributed by atoms with E-state index in [2.05, 4.69) is 5.32 Å². The fraction of sp³-hybridized carbons (Fsp3) is 0.333. The second kappa shape index (κ2) is 5.66. The van der Waals surface area contributed by atoms with Crippen LogP contribution in [0.2, 0.25) is 0 Å². The van der Waals surface area contributed by atoms with Crippen molar-refractivity contribution < 1.29 is 24.7 Å². The summed E-state index contributed by atoms with van der Waals surface area (Å²) in [6, 6.07) is 3.69. The number of carbonyl (C=O) groups is 2. The maximum atomic E-state index is 11.8. The van der Waals surface area contributed by atoms with Gasteiger partial charge in [-0.2, -0.15) is 0 Å². The number of carbonyl (C=O) groups excluding carboxylic acids is 1. The molecule has 0 bridgehead atoms. The number of hydrogen-bond donors (Lipinski definition) is 3. The van der Waals surface area contributed by atoms with Crippen LogP contribution < -0.4 is 5.32 Å². The minimum Gasteiger partial charge on any atom is -0.479 e. The molecule has 108 valence electrons. The number of nitro groups is 1. The molecule has 0 aliphatic carbocycles. The van der Waals surface area contributed by atoms with Crippen LogP contribution in [0.5, 0.6) is 0 Å². The maximum Gasteiger partial charge on any atom is 0.337 e. The van der Waals surface area contributed by atoms with E-state index in [4.69, 9.17) is 5.11 Å². The first-order chi connectivity index (χ1) is 9.15. The van der Waals surface area contributed by atoms with Gasteiger partial charge in [-0.05, 0) is 25.5 Å². The van der Waals surface area contributed by atoms with Crippen molar-refractivity contribution in [1.82, 2.24) is 5.32 Å². The van der Waals surface area contributed by atoms with Crippen LogP contribution in [0, 0.1) is 17.0 Å². The van der Waals surface area contributed by atoms with Crippen molar-refractivity contribution >= 4 is 17.6 Å². The van der Waals surface area contributed by atoms with Crippen LogP contribution in [0.1, 0.15) is 22.8 Å². The number of carboxylic acids is 1. The largest absolute Gasteiger partial charge is 0.479 e. The van der Waals surface area contributed by atoms with Crippen molar-refractivity contribution in [3.8, 4) is 0 Å². The van der Waals surface area contributed by atoms with E-state index in [9.17, 15) is 24.8 Å². The molecule has 8 nitrogen and oxygen atoms in total. The molecule has 0 aliphatic heterocycles. The summed E-state index contributed by atoms with van der Waals surface area (Å²) in [6.45, 7) is 2.10. The number of non-ortho nitro benzene ring substituents is 1. The molecule has 0 aromatic heterocycles. The molecule has 1 amide bonds. The lowest BCUT2D eigenvalue weighted by Gasteiger charge is -2.18. The third-order valence-corrected chi connectivity index (χ3v) is 2.72. The van der Waals surface area contributed by atoms with E-state index in [0.29, 0.717) is 5.56 Å². The maximum absolute atomic E-state index is 11.8. The Morgan fingerprint density at radius 1 is 1.45 bits per heavy atom. The summed E-state index contributed by atoms with van der Waals surface area (Å²) in [5.74, 6) is -2.07. The Morgan fingerprint density at radius 3 is 2.50 bits per heavy atom. The molecule has 0 spiro atoms. The molecule has 0 aliphatic rings. The van der Waals surface area contributed by atoms with E-state index in [0.717, 1.165) is 6.92 Å². The Balaban J connectivity index is 2.84. The van der Waals surface area contributed by atoms with E-state index >= 15 is 0 Å². The molecule has 0 saturated carbocycles. The van der Waals surface area contributed by atoms with Crippen molar-refractivity contribution in [2.75, 3.05) is 6.54 Å². The highest BCUT2D eigenvalue weighted by Crippen LogP contribution is 2.17. The smallest absolute Gasteiger partial charge is 0.337 e. The Bertz CT molecular complexity index is 567. The minimum absolute atomic E-state index is 0.142. The van der Waals surface area contributed by atoms with Crippen LogP contribution in [0.3, 0.4) is 0 Å². The normalized spacial score (nSPS) is 13.3. The van der Waals surface area contributed by atoms with Crippen LogP contribution in [-0.4, -0.2) is 39.2 Å². The number of aliphatic carboxylic acids is 1. The number of nitrogens with one attached hydrogen (secondary N) is 1. The SMILES string of the molecule is Cc1cc([N+](=O)[O-])ccc1C(=O)NCC(C)(O)C(=O)O. The molecule has 0 saturated heterocycles. The van der Waals surface area contributed by atoms with E-state index in [1.165, 1.54) is 25.1 Å². The number of aryl methyl sites for hydroxylation is 1.